The minimum Gasteiger partial charge on any atom is -0.489 e. The molecule has 1 aliphatic heterocycles. The molecule has 1 N–H and O–H groups in total. The van der Waals surface area contributed by atoms with Crippen LogP contribution in [0.3, 0.4) is 0 Å². The van der Waals surface area contributed by atoms with E-state index in [1.165, 1.54) is 23.0 Å². The van der Waals surface area contributed by atoms with Crippen molar-refractivity contribution in [3.05, 3.63) is 82.0 Å². The normalized spacial score (nSPS) is 16.0. The predicted octanol–water partition coefficient (Wildman–Crippen LogP) is 6.72. The monoisotopic (exact) mass is 610 g/mol. The fraction of sp³-hybridized carbons (Fsp3) is 0.355. The van der Waals surface area contributed by atoms with E-state index in [9.17, 15) is 27.9 Å². The molecule has 0 spiro atoms. The molecular weight excluding hydrogens is 581 g/mol. The van der Waals surface area contributed by atoms with Gasteiger partial charge in [0.05, 0.1) is 16.8 Å². The number of nitrogens with zero attached hydrogens (tertiary/aromatic N) is 4. The predicted molar refractivity (Wildman–Crippen MR) is 153 cm³/mol. The molecule has 1 saturated carbocycles. The molecule has 1 aliphatic carbocycles. The maximum absolute atomic E-state index is 13.7. The van der Waals surface area contributed by atoms with Gasteiger partial charge in [-0.05, 0) is 79.3 Å². The largest absolute Gasteiger partial charge is 0.489 e. The summed E-state index contributed by atoms with van der Waals surface area (Å²) in [6.07, 6.45) is -0.316. The number of thiophene rings is 1. The van der Waals surface area contributed by atoms with Crippen molar-refractivity contribution in [3.63, 3.8) is 0 Å². The molecular formula is C31H29F3N4O4S. The Morgan fingerprint density at radius 1 is 1.09 bits per heavy atom. The number of carboxylic acid groups (broad SMARTS) is 1. The van der Waals surface area contributed by atoms with Gasteiger partial charge < -0.3 is 14.7 Å². The number of halogens is 3. The highest BCUT2D eigenvalue weighted by atomic mass is 32.1. The molecule has 8 nitrogen and oxygen atoms in total. The SMILES string of the molecule is Cc1cc(C2CCN(C(=O)C3CC3)CC2)ccc1OCc1ccsc1-c1cccc(-n2ncc(C(=O)O)c2C(F)(F)F)n1. The number of piperidine rings is 1. The Morgan fingerprint density at radius 3 is 2.53 bits per heavy atom. The summed E-state index contributed by atoms with van der Waals surface area (Å²) in [6, 6.07) is 12.7. The lowest BCUT2D eigenvalue weighted by Gasteiger charge is -2.32. The molecule has 224 valence electrons. The number of amides is 1. The first-order valence-electron chi connectivity index (χ1n) is 14.0. The van der Waals surface area contributed by atoms with E-state index in [0.717, 1.165) is 60.5 Å². The topological polar surface area (TPSA) is 97.6 Å². The van der Waals surface area contributed by atoms with Crippen LogP contribution in [-0.2, 0) is 17.6 Å². The van der Waals surface area contributed by atoms with Crippen LogP contribution in [0.15, 0.2) is 54.0 Å². The summed E-state index contributed by atoms with van der Waals surface area (Å²) in [7, 11) is 0. The average Bonchev–Trinajstić information content (AvgIpc) is 3.54. The van der Waals surface area contributed by atoms with Gasteiger partial charge in [0, 0.05) is 24.6 Å². The number of aryl methyl sites for hydroxylation is 1. The van der Waals surface area contributed by atoms with Gasteiger partial charge in [0.25, 0.3) is 0 Å². The van der Waals surface area contributed by atoms with E-state index >= 15 is 0 Å². The summed E-state index contributed by atoms with van der Waals surface area (Å²) in [5.74, 6) is -0.168. The summed E-state index contributed by atoms with van der Waals surface area (Å²) in [4.78, 5) is 30.9. The number of ether oxygens (including phenoxy) is 1. The Hall–Kier alpha value is -4.19. The third kappa shape index (κ3) is 6.01. The van der Waals surface area contributed by atoms with Crippen LogP contribution in [0, 0.1) is 12.8 Å². The zero-order chi connectivity index (χ0) is 30.3. The molecule has 0 unspecified atom stereocenters. The van der Waals surface area contributed by atoms with Crippen molar-refractivity contribution in [3.8, 4) is 22.1 Å². The zero-order valence-corrected chi connectivity index (χ0v) is 24.1. The summed E-state index contributed by atoms with van der Waals surface area (Å²) in [5.41, 5.74) is 1.14. The van der Waals surface area contributed by atoms with Gasteiger partial charge in [-0.3, -0.25) is 4.79 Å². The number of likely N-dealkylation sites (tertiary alicyclic amines) is 1. The number of hydrogen-bond donors (Lipinski definition) is 1. The number of rotatable bonds is 8. The number of carbonyl (C=O) groups is 2. The van der Waals surface area contributed by atoms with Gasteiger partial charge in [-0.25, -0.2) is 14.5 Å². The second-order valence-electron chi connectivity index (χ2n) is 11.0. The third-order valence-electron chi connectivity index (χ3n) is 7.99. The van der Waals surface area contributed by atoms with Gasteiger partial charge >= 0.3 is 12.1 Å². The number of carboxylic acids is 1. The Kier molecular flexibility index (Phi) is 7.72. The number of aromatic carboxylic acids is 1. The number of pyridine rings is 1. The lowest BCUT2D eigenvalue weighted by atomic mass is 9.88. The third-order valence-corrected chi connectivity index (χ3v) is 8.96. The molecule has 2 aliphatic rings. The van der Waals surface area contributed by atoms with E-state index in [1.54, 1.807) is 12.1 Å². The first-order chi connectivity index (χ1) is 20.6. The number of carbonyl (C=O) groups excluding carboxylic acids is 1. The highest BCUT2D eigenvalue weighted by Crippen LogP contribution is 2.37. The first kappa shape index (κ1) is 28.9. The van der Waals surface area contributed by atoms with Crippen LogP contribution in [0.1, 0.15) is 64.3 Å². The second-order valence-corrected chi connectivity index (χ2v) is 11.9. The minimum atomic E-state index is -4.94. The Labute approximate surface area is 249 Å². The highest BCUT2D eigenvalue weighted by molar-refractivity contribution is 7.13. The van der Waals surface area contributed by atoms with Crippen molar-refractivity contribution >= 4 is 23.2 Å². The molecule has 0 radical (unpaired) electrons. The zero-order valence-electron chi connectivity index (χ0n) is 23.3. The molecule has 6 rings (SSSR count). The Bertz CT molecular complexity index is 1670. The molecule has 0 bridgehead atoms. The molecule has 4 aromatic rings. The van der Waals surface area contributed by atoms with Crippen LogP contribution in [0.25, 0.3) is 16.4 Å². The van der Waals surface area contributed by atoms with Crippen molar-refractivity contribution < 1.29 is 32.6 Å². The van der Waals surface area contributed by atoms with E-state index in [0.29, 0.717) is 28.4 Å². The number of aromatic nitrogens is 3. The van der Waals surface area contributed by atoms with Crippen LogP contribution in [0.4, 0.5) is 13.2 Å². The lowest BCUT2D eigenvalue weighted by molar-refractivity contribution is -0.143. The van der Waals surface area contributed by atoms with Gasteiger partial charge in [-0.15, -0.1) is 11.3 Å². The molecule has 2 fully saturated rings. The van der Waals surface area contributed by atoms with E-state index in [1.807, 2.05) is 29.3 Å². The van der Waals surface area contributed by atoms with Crippen molar-refractivity contribution in [2.45, 2.75) is 51.3 Å². The molecule has 1 amide bonds. The molecule has 0 atom stereocenters. The molecule has 12 heteroatoms. The summed E-state index contributed by atoms with van der Waals surface area (Å²) < 4.78 is 47.9. The molecule has 43 heavy (non-hydrogen) atoms. The quantitative estimate of drug-likeness (QED) is 0.238. The second kappa shape index (κ2) is 11.5. The van der Waals surface area contributed by atoms with Crippen LogP contribution in [0.2, 0.25) is 0 Å². The fourth-order valence-electron chi connectivity index (χ4n) is 5.56. The maximum Gasteiger partial charge on any atom is 0.434 e. The van der Waals surface area contributed by atoms with Crippen molar-refractivity contribution in [1.82, 2.24) is 19.7 Å². The molecule has 4 heterocycles. The van der Waals surface area contributed by atoms with E-state index < -0.39 is 23.4 Å². The fourth-order valence-corrected chi connectivity index (χ4v) is 6.44. The van der Waals surface area contributed by atoms with Crippen LogP contribution >= 0.6 is 11.3 Å². The van der Waals surface area contributed by atoms with Crippen LogP contribution in [-0.4, -0.2) is 49.7 Å². The van der Waals surface area contributed by atoms with Crippen LogP contribution < -0.4 is 4.74 Å². The Morgan fingerprint density at radius 2 is 1.86 bits per heavy atom. The maximum atomic E-state index is 13.7. The summed E-state index contributed by atoms with van der Waals surface area (Å²) in [6.45, 7) is 3.82. The van der Waals surface area contributed by atoms with Crippen molar-refractivity contribution in [1.29, 1.82) is 0 Å². The van der Waals surface area contributed by atoms with E-state index in [-0.39, 0.29) is 18.3 Å². The minimum absolute atomic E-state index is 0.147. The highest BCUT2D eigenvalue weighted by Gasteiger charge is 2.41. The van der Waals surface area contributed by atoms with Crippen LogP contribution in [0.5, 0.6) is 5.75 Å². The van der Waals surface area contributed by atoms with Crippen molar-refractivity contribution in [2.75, 3.05) is 13.1 Å². The van der Waals surface area contributed by atoms with Gasteiger partial charge in [0.15, 0.2) is 11.5 Å². The van der Waals surface area contributed by atoms with Gasteiger partial charge in [-0.1, -0.05) is 18.2 Å². The van der Waals surface area contributed by atoms with E-state index in [4.69, 9.17) is 4.74 Å². The number of hydrogen-bond acceptors (Lipinski definition) is 6. The smallest absolute Gasteiger partial charge is 0.434 e. The lowest BCUT2D eigenvalue weighted by Crippen LogP contribution is -2.38. The molecule has 1 saturated heterocycles. The van der Waals surface area contributed by atoms with E-state index in [2.05, 4.69) is 22.2 Å². The van der Waals surface area contributed by atoms with Gasteiger partial charge in [0.1, 0.15) is 17.9 Å². The first-order valence-corrected chi connectivity index (χ1v) is 14.9. The number of alkyl halides is 3. The average molecular weight is 611 g/mol. The Balaban J connectivity index is 1.15. The standard InChI is InChI=1S/C31H29F3N4O4S/c1-18-15-21(19-9-12-37(13-10-19)29(39)20-5-6-20)7-8-25(18)42-17-22-11-14-43-27(22)24-3-2-4-26(36-24)38-28(31(32,33)34)23(16-35-38)30(40)41/h2-4,7-8,11,14-16,19-20H,5-6,9-10,12-13,17H2,1H3,(H,40,41). The van der Waals surface area contributed by atoms with Gasteiger partial charge in [0.2, 0.25) is 5.91 Å². The summed E-state index contributed by atoms with van der Waals surface area (Å²) >= 11 is 1.38. The number of benzene rings is 1. The summed E-state index contributed by atoms with van der Waals surface area (Å²) in [5, 5.41) is 14.8. The molecule has 1 aromatic carbocycles. The molecule has 3 aromatic heterocycles. The van der Waals surface area contributed by atoms with Crippen molar-refractivity contribution in [2.24, 2.45) is 5.92 Å². The van der Waals surface area contributed by atoms with Gasteiger partial charge in [-0.2, -0.15) is 18.3 Å².